The molecule has 1 aliphatic rings. The number of carbonyl (C=O) groups is 1. The standard InChI is InChI=1S/C26H34N6O5S/c1-17-8-7-9-18(2)23(17)21-14-22(29-24(28-21)30-38(34,35)20-15-27-31(6)16-20)36-19-10-12-32(13-11-19)25(33)37-26(3,4)5/h7-9,14-16,19H,10-13H2,1-6H3,(H,28,29,30). The van der Waals surface area contributed by atoms with E-state index in [0.29, 0.717) is 31.6 Å². The summed E-state index contributed by atoms with van der Waals surface area (Å²) in [5, 5.41) is 3.94. The molecule has 0 bridgehead atoms. The van der Waals surface area contributed by atoms with Crippen LogP contribution in [0.5, 0.6) is 5.88 Å². The van der Waals surface area contributed by atoms with Gasteiger partial charge in [0.15, 0.2) is 0 Å². The van der Waals surface area contributed by atoms with Crippen LogP contribution in [-0.2, 0) is 21.8 Å². The third kappa shape index (κ3) is 6.60. The Hall–Kier alpha value is -3.67. The van der Waals surface area contributed by atoms with E-state index < -0.39 is 15.6 Å². The molecule has 1 aliphatic heterocycles. The predicted octanol–water partition coefficient (Wildman–Crippen LogP) is 4.07. The second-order valence-corrected chi connectivity index (χ2v) is 12.1. The molecule has 204 valence electrons. The maximum atomic E-state index is 13.0. The second-order valence-electron chi connectivity index (χ2n) is 10.4. The number of aryl methyl sites for hydroxylation is 3. The molecule has 3 heterocycles. The van der Waals surface area contributed by atoms with Crippen molar-refractivity contribution in [1.29, 1.82) is 0 Å². The summed E-state index contributed by atoms with van der Waals surface area (Å²) in [5.74, 6) is 0.146. The maximum absolute atomic E-state index is 13.0. The van der Waals surface area contributed by atoms with E-state index in [-0.39, 0.29) is 28.9 Å². The molecule has 11 nitrogen and oxygen atoms in total. The molecule has 1 fully saturated rings. The van der Waals surface area contributed by atoms with Gasteiger partial charge in [-0.2, -0.15) is 10.1 Å². The Labute approximate surface area is 223 Å². The van der Waals surface area contributed by atoms with E-state index in [2.05, 4.69) is 19.8 Å². The molecule has 4 rings (SSSR count). The number of aromatic nitrogens is 4. The maximum Gasteiger partial charge on any atom is 0.410 e. The van der Waals surface area contributed by atoms with E-state index in [1.807, 2.05) is 52.8 Å². The molecular weight excluding hydrogens is 508 g/mol. The first kappa shape index (κ1) is 27.4. The zero-order valence-electron chi connectivity index (χ0n) is 22.6. The highest BCUT2D eigenvalue weighted by molar-refractivity contribution is 7.92. The monoisotopic (exact) mass is 542 g/mol. The largest absolute Gasteiger partial charge is 0.474 e. The predicted molar refractivity (Wildman–Crippen MR) is 142 cm³/mol. The van der Waals surface area contributed by atoms with Crippen molar-refractivity contribution in [2.45, 2.75) is 64.1 Å². The fraction of sp³-hybridized carbons (Fsp3) is 0.462. The molecular formula is C26H34N6O5S. The SMILES string of the molecule is Cc1cccc(C)c1-c1cc(OC2CCN(C(=O)OC(C)(C)C)CC2)nc(NS(=O)(=O)c2cnn(C)c2)n1. The van der Waals surface area contributed by atoms with Gasteiger partial charge in [0.2, 0.25) is 11.8 Å². The van der Waals surface area contributed by atoms with Gasteiger partial charge in [-0.3, -0.25) is 4.68 Å². The van der Waals surface area contributed by atoms with Crippen molar-refractivity contribution in [3.8, 4) is 17.1 Å². The first-order valence-electron chi connectivity index (χ1n) is 12.4. The summed E-state index contributed by atoms with van der Waals surface area (Å²) in [6.45, 7) is 10.4. The zero-order chi connectivity index (χ0) is 27.7. The molecule has 0 spiro atoms. The van der Waals surface area contributed by atoms with E-state index in [1.165, 1.54) is 17.1 Å². The van der Waals surface area contributed by atoms with E-state index >= 15 is 0 Å². The van der Waals surface area contributed by atoms with Crippen LogP contribution in [0, 0.1) is 13.8 Å². The Morgan fingerprint density at radius 3 is 2.34 bits per heavy atom. The Balaban J connectivity index is 1.59. The molecule has 1 aromatic carbocycles. The third-order valence-corrected chi connectivity index (χ3v) is 7.32. The molecule has 38 heavy (non-hydrogen) atoms. The van der Waals surface area contributed by atoms with Gasteiger partial charge in [0, 0.05) is 50.8 Å². The second kappa shape index (κ2) is 10.6. The molecule has 0 radical (unpaired) electrons. The lowest BCUT2D eigenvalue weighted by atomic mass is 10.00. The van der Waals surface area contributed by atoms with Gasteiger partial charge in [0.1, 0.15) is 16.6 Å². The normalized spacial score (nSPS) is 14.8. The molecule has 1 amide bonds. The van der Waals surface area contributed by atoms with Gasteiger partial charge >= 0.3 is 6.09 Å². The number of hydrogen-bond acceptors (Lipinski definition) is 8. The average molecular weight is 543 g/mol. The number of amides is 1. The first-order valence-corrected chi connectivity index (χ1v) is 13.9. The summed E-state index contributed by atoms with van der Waals surface area (Å²) in [4.78, 5) is 23.0. The molecule has 0 unspecified atom stereocenters. The van der Waals surface area contributed by atoms with Crippen LogP contribution in [0.3, 0.4) is 0 Å². The van der Waals surface area contributed by atoms with Crippen LogP contribution in [0.15, 0.2) is 41.6 Å². The van der Waals surface area contributed by atoms with Crippen molar-refractivity contribution in [1.82, 2.24) is 24.6 Å². The lowest BCUT2D eigenvalue weighted by molar-refractivity contribution is 0.0123. The number of benzene rings is 1. The van der Waals surface area contributed by atoms with E-state index in [4.69, 9.17) is 9.47 Å². The molecule has 0 atom stereocenters. The minimum absolute atomic E-state index is 0.00180. The summed E-state index contributed by atoms with van der Waals surface area (Å²) in [6.07, 6.45) is 3.26. The number of nitrogens with zero attached hydrogens (tertiary/aromatic N) is 5. The van der Waals surface area contributed by atoms with Gasteiger partial charge in [-0.25, -0.2) is 22.9 Å². The van der Waals surface area contributed by atoms with Crippen molar-refractivity contribution >= 4 is 22.1 Å². The summed E-state index contributed by atoms with van der Waals surface area (Å²) in [5.41, 5.74) is 2.83. The average Bonchev–Trinajstić information content (AvgIpc) is 3.25. The van der Waals surface area contributed by atoms with Crippen LogP contribution in [0.4, 0.5) is 10.7 Å². The fourth-order valence-electron chi connectivity index (χ4n) is 4.25. The smallest absolute Gasteiger partial charge is 0.410 e. The molecule has 3 aromatic rings. The van der Waals surface area contributed by atoms with Crippen molar-refractivity contribution in [2.24, 2.45) is 7.05 Å². The number of rotatable bonds is 6. The number of sulfonamides is 1. The minimum atomic E-state index is -3.97. The van der Waals surface area contributed by atoms with Gasteiger partial charge in [0.25, 0.3) is 10.0 Å². The van der Waals surface area contributed by atoms with Crippen molar-refractivity contribution < 1.29 is 22.7 Å². The molecule has 2 aromatic heterocycles. The summed E-state index contributed by atoms with van der Waals surface area (Å²) < 4.78 is 41.5. The van der Waals surface area contributed by atoms with Gasteiger partial charge < -0.3 is 14.4 Å². The van der Waals surface area contributed by atoms with Gasteiger partial charge in [-0.15, -0.1) is 0 Å². The summed E-state index contributed by atoms with van der Waals surface area (Å²) in [6, 6.07) is 7.61. The van der Waals surface area contributed by atoms with Crippen LogP contribution < -0.4 is 9.46 Å². The topological polar surface area (TPSA) is 129 Å². The van der Waals surface area contributed by atoms with E-state index in [0.717, 1.165) is 16.7 Å². The van der Waals surface area contributed by atoms with Crippen LogP contribution >= 0.6 is 0 Å². The quantitative estimate of drug-likeness (QED) is 0.494. The van der Waals surface area contributed by atoms with Gasteiger partial charge in [-0.1, -0.05) is 18.2 Å². The lowest BCUT2D eigenvalue weighted by Crippen LogP contribution is -2.44. The lowest BCUT2D eigenvalue weighted by Gasteiger charge is -2.33. The Morgan fingerprint density at radius 2 is 1.76 bits per heavy atom. The number of ether oxygens (including phenoxy) is 2. The number of likely N-dealkylation sites (tertiary alicyclic amines) is 1. The highest BCUT2D eigenvalue weighted by Crippen LogP contribution is 2.30. The Morgan fingerprint density at radius 1 is 1.11 bits per heavy atom. The van der Waals surface area contributed by atoms with Crippen molar-refractivity contribution in [3.05, 3.63) is 47.8 Å². The van der Waals surface area contributed by atoms with Crippen LogP contribution in [-0.4, -0.2) is 64.0 Å². The molecule has 0 aliphatic carbocycles. The van der Waals surface area contributed by atoms with Crippen LogP contribution in [0.25, 0.3) is 11.3 Å². The van der Waals surface area contributed by atoms with Crippen molar-refractivity contribution in [3.63, 3.8) is 0 Å². The highest BCUT2D eigenvalue weighted by Gasteiger charge is 2.28. The Kier molecular flexibility index (Phi) is 7.63. The van der Waals surface area contributed by atoms with Crippen LogP contribution in [0.2, 0.25) is 0 Å². The summed E-state index contributed by atoms with van der Waals surface area (Å²) >= 11 is 0. The highest BCUT2D eigenvalue weighted by atomic mass is 32.2. The number of anilines is 1. The van der Waals surface area contributed by atoms with Gasteiger partial charge in [0.05, 0.1) is 11.9 Å². The van der Waals surface area contributed by atoms with E-state index in [9.17, 15) is 13.2 Å². The molecule has 1 N–H and O–H groups in total. The molecule has 0 saturated carbocycles. The van der Waals surface area contributed by atoms with Crippen molar-refractivity contribution in [2.75, 3.05) is 17.8 Å². The summed E-state index contributed by atoms with van der Waals surface area (Å²) in [7, 11) is -2.33. The molecule has 12 heteroatoms. The minimum Gasteiger partial charge on any atom is -0.474 e. The zero-order valence-corrected chi connectivity index (χ0v) is 23.4. The molecule has 1 saturated heterocycles. The van der Waals surface area contributed by atoms with Crippen LogP contribution in [0.1, 0.15) is 44.7 Å². The number of nitrogens with one attached hydrogen (secondary N) is 1. The fourth-order valence-corrected chi connectivity index (χ4v) is 5.17. The number of hydrogen-bond donors (Lipinski definition) is 1. The van der Waals surface area contributed by atoms with E-state index in [1.54, 1.807) is 18.0 Å². The van der Waals surface area contributed by atoms with Gasteiger partial charge in [-0.05, 0) is 45.7 Å². The third-order valence-electron chi connectivity index (χ3n) is 6.04. The Bertz CT molecular complexity index is 1400. The number of piperidine rings is 1. The number of carbonyl (C=O) groups excluding carboxylic acids is 1. The first-order chi connectivity index (χ1) is 17.8.